The molecule has 0 fully saturated rings. The molecule has 0 aliphatic rings. The van der Waals surface area contributed by atoms with Crippen LogP contribution in [0.5, 0.6) is 0 Å². The maximum atomic E-state index is 11.5. The molecule has 0 bridgehead atoms. The lowest BCUT2D eigenvalue weighted by molar-refractivity contribution is 0.584. The van der Waals surface area contributed by atoms with Gasteiger partial charge in [-0.1, -0.05) is 19.1 Å². The molecule has 1 heterocycles. The average molecular weight is 315 g/mol. The van der Waals surface area contributed by atoms with Gasteiger partial charge in [0.15, 0.2) is 0 Å². The second kappa shape index (κ2) is 6.34. The van der Waals surface area contributed by atoms with E-state index < -0.39 is 10.0 Å². The van der Waals surface area contributed by atoms with Crippen molar-refractivity contribution in [3.8, 4) is 0 Å². The number of anilines is 1. The van der Waals surface area contributed by atoms with Crippen molar-refractivity contribution < 1.29 is 8.42 Å². The van der Waals surface area contributed by atoms with Gasteiger partial charge in [0.25, 0.3) is 0 Å². The SMILES string of the molecule is CCNS(=O)(=O)CCNc1nc(Cl)nc2ccccc12. The maximum Gasteiger partial charge on any atom is 0.224 e. The number of nitrogens with one attached hydrogen (secondary N) is 2. The lowest BCUT2D eigenvalue weighted by atomic mass is 10.2. The molecule has 0 aliphatic heterocycles. The summed E-state index contributed by atoms with van der Waals surface area (Å²) in [5, 5.41) is 3.92. The van der Waals surface area contributed by atoms with Crippen molar-refractivity contribution in [1.82, 2.24) is 14.7 Å². The van der Waals surface area contributed by atoms with Crippen LogP contribution in [0.3, 0.4) is 0 Å². The van der Waals surface area contributed by atoms with Crippen LogP contribution in [-0.4, -0.2) is 37.2 Å². The fourth-order valence-electron chi connectivity index (χ4n) is 1.78. The quantitative estimate of drug-likeness (QED) is 0.792. The monoisotopic (exact) mass is 314 g/mol. The average Bonchev–Trinajstić information content (AvgIpc) is 2.38. The molecule has 0 amide bonds. The van der Waals surface area contributed by atoms with Gasteiger partial charge in [-0.15, -0.1) is 0 Å². The minimum atomic E-state index is -3.25. The van der Waals surface area contributed by atoms with E-state index in [1.165, 1.54) is 0 Å². The van der Waals surface area contributed by atoms with Crippen molar-refractivity contribution >= 4 is 38.3 Å². The summed E-state index contributed by atoms with van der Waals surface area (Å²) in [6.07, 6.45) is 0. The number of hydrogen-bond acceptors (Lipinski definition) is 5. The normalized spacial score (nSPS) is 11.7. The highest BCUT2D eigenvalue weighted by molar-refractivity contribution is 7.89. The third-order valence-electron chi connectivity index (χ3n) is 2.60. The predicted molar refractivity (Wildman–Crippen MR) is 80.5 cm³/mol. The van der Waals surface area contributed by atoms with Gasteiger partial charge >= 0.3 is 0 Å². The number of fused-ring (bicyclic) bond motifs is 1. The van der Waals surface area contributed by atoms with Gasteiger partial charge in [-0.05, 0) is 23.7 Å². The summed E-state index contributed by atoms with van der Waals surface area (Å²) in [4.78, 5) is 8.20. The zero-order valence-electron chi connectivity index (χ0n) is 10.9. The van der Waals surface area contributed by atoms with Crippen LogP contribution < -0.4 is 10.0 Å². The zero-order valence-corrected chi connectivity index (χ0v) is 12.5. The molecule has 6 nitrogen and oxygen atoms in total. The highest BCUT2D eigenvalue weighted by Gasteiger charge is 2.10. The molecule has 1 aromatic heterocycles. The van der Waals surface area contributed by atoms with Crippen LogP contribution in [0.2, 0.25) is 5.28 Å². The molecule has 2 aromatic rings. The van der Waals surface area contributed by atoms with Crippen LogP contribution in [0.4, 0.5) is 5.82 Å². The number of para-hydroxylation sites is 1. The van der Waals surface area contributed by atoms with E-state index in [1.807, 2.05) is 24.3 Å². The van der Waals surface area contributed by atoms with Crippen molar-refractivity contribution in [3.05, 3.63) is 29.5 Å². The maximum absolute atomic E-state index is 11.5. The molecule has 0 spiro atoms. The van der Waals surface area contributed by atoms with E-state index in [2.05, 4.69) is 20.0 Å². The van der Waals surface area contributed by atoms with Gasteiger partial charge in [-0.2, -0.15) is 0 Å². The Morgan fingerprint density at radius 3 is 2.75 bits per heavy atom. The van der Waals surface area contributed by atoms with E-state index in [1.54, 1.807) is 6.92 Å². The molecule has 0 unspecified atom stereocenters. The van der Waals surface area contributed by atoms with Crippen LogP contribution in [0.1, 0.15) is 6.92 Å². The first kappa shape index (κ1) is 15.0. The summed E-state index contributed by atoms with van der Waals surface area (Å²) in [7, 11) is -3.25. The Morgan fingerprint density at radius 2 is 2.00 bits per heavy atom. The number of nitrogens with zero attached hydrogens (tertiary/aromatic N) is 2. The van der Waals surface area contributed by atoms with Crippen molar-refractivity contribution in [3.63, 3.8) is 0 Å². The van der Waals surface area contributed by atoms with Gasteiger partial charge < -0.3 is 5.32 Å². The first-order valence-corrected chi connectivity index (χ1v) is 8.18. The summed E-state index contributed by atoms with van der Waals surface area (Å²) >= 11 is 5.85. The predicted octanol–water partition coefficient (Wildman–Crippen LogP) is 1.63. The Bertz CT molecular complexity index is 706. The lowest BCUT2D eigenvalue weighted by Crippen LogP contribution is -2.29. The Morgan fingerprint density at radius 1 is 1.25 bits per heavy atom. The van der Waals surface area contributed by atoms with Crippen LogP contribution in [-0.2, 0) is 10.0 Å². The van der Waals surface area contributed by atoms with Gasteiger partial charge in [0.1, 0.15) is 5.82 Å². The van der Waals surface area contributed by atoms with Crippen LogP contribution in [0.15, 0.2) is 24.3 Å². The standard InChI is InChI=1S/C12H15ClN4O2S/c1-2-15-20(18,19)8-7-14-11-9-5-3-4-6-10(9)16-12(13)17-11/h3-6,15H,2,7-8H2,1H3,(H,14,16,17). The molecule has 108 valence electrons. The Labute approximate surface area is 122 Å². The molecule has 2 rings (SSSR count). The molecule has 2 N–H and O–H groups in total. The summed E-state index contributed by atoms with van der Waals surface area (Å²) < 4.78 is 25.5. The summed E-state index contributed by atoms with van der Waals surface area (Å²) in [5.74, 6) is 0.504. The summed E-state index contributed by atoms with van der Waals surface area (Å²) in [6.45, 7) is 2.36. The molecule has 0 saturated heterocycles. The number of aromatic nitrogens is 2. The molecule has 0 atom stereocenters. The third-order valence-corrected chi connectivity index (χ3v) is 4.24. The number of hydrogen-bond donors (Lipinski definition) is 2. The summed E-state index contributed by atoms with van der Waals surface area (Å²) in [5.41, 5.74) is 0.713. The van der Waals surface area contributed by atoms with E-state index in [0.29, 0.717) is 17.9 Å². The van der Waals surface area contributed by atoms with E-state index in [4.69, 9.17) is 11.6 Å². The number of benzene rings is 1. The second-order valence-corrected chi connectivity index (χ2v) is 6.37. The van der Waals surface area contributed by atoms with E-state index in [-0.39, 0.29) is 17.6 Å². The van der Waals surface area contributed by atoms with Crippen molar-refractivity contribution in [2.75, 3.05) is 24.2 Å². The summed E-state index contributed by atoms with van der Waals surface area (Å²) in [6, 6.07) is 7.39. The first-order chi connectivity index (χ1) is 9.52. The largest absolute Gasteiger partial charge is 0.368 e. The fourth-order valence-corrected chi connectivity index (χ4v) is 2.91. The fraction of sp³-hybridized carbons (Fsp3) is 0.333. The topological polar surface area (TPSA) is 84.0 Å². The van der Waals surface area contributed by atoms with Crippen LogP contribution in [0.25, 0.3) is 10.9 Å². The van der Waals surface area contributed by atoms with Crippen LogP contribution >= 0.6 is 11.6 Å². The highest BCUT2D eigenvalue weighted by atomic mass is 35.5. The van der Waals surface area contributed by atoms with Gasteiger partial charge in [0, 0.05) is 18.5 Å². The van der Waals surface area contributed by atoms with Gasteiger partial charge in [-0.3, -0.25) is 0 Å². The molecular weight excluding hydrogens is 300 g/mol. The molecule has 0 saturated carbocycles. The lowest BCUT2D eigenvalue weighted by Gasteiger charge is -2.09. The Kier molecular flexibility index (Phi) is 4.74. The van der Waals surface area contributed by atoms with Gasteiger partial charge in [0.2, 0.25) is 15.3 Å². The van der Waals surface area contributed by atoms with Gasteiger partial charge in [-0.25, -0.2) is 23.1 Å². The minimum Gasteiger partial charge on any atom is -0.368 e. The number of rotatable bonds is 6. The number of halogens is 1. The van der Waals surface area contributed by atoms with Crippen molar-refractivity contribution in [2.24, 2.45) is 0 Å². The molecule has 0 aliphatic carbocycles. The van der Waals surface area contributed by atoms with Crippen molar-refractivity contribution in [1.29, 1.82) is 0 Å². The van der Waals surface area contributed by atoms with E-state index in [0.717, 1.165) is 5.39 Å². The minimum absolute atomic E-state index is 0.0310. The molecule has 8 heteroatoms. The number of sulfonamides is 1. The van der Waals surface area contributed by atoms with E-state index >= 15 is 0 Å². The zero-order chi connectivity index (χ0) is 14.6. The molecule has 1 aromatic carbocycles. The Hall–Kier alpha value is -1.44. The molecule has 20 heavy (non-hydrogen) atoms. The molecule has 0 radical (unpaired) electrons. The van der Waals surface area contributed by atoms with Gasteiger partial charge in [0.05, 0.1) is 11.3 Å². The Balaban J connectivity index is 2.14. The highest BCUT2D eigenvalue weighted by Crippen LogP contribution is 2.21. The smallest absolute Gasteiger partial charge is 0.224 e. The van der Waals surface area contributed by atoms with Crippen molar-refractivity contribution in [2.45, 2.75) is 6.92 Å². The van der Waals surface area contributed by atoms with Crippen LogP contribution in [0, 0.1) is 0 Å². The van der Waals surface area contributed by atoms with E-state index in [9.17, 15) is 8.42 Å². The second-order valence-electron chi connectivity index (χ2n) is 4.10. The molecular formula is C12H15ClN4O2S. The third kappa shape index (κ3) is 3.78. The first-order valence-electron chi connectivity index (χ1n) is 6.15.